The van der Waals surface area contributed by atoms with Crippen LogP contribution in [0.5, 0.6) is 0 Å². The highest BCUT2D eigenvalue weighted by Crippen LogP contribution is 2.14. The Bertz CT molecular complexity index is 78.9. The SMILES string of the molecule is C=CCCPCCCCCC. The Morgan fingerprint density at radius 3 is 2.64 bits per heavy atom. The van der Waals surface area contributed by atoms with Gasteiger partial charge < -0.3 is 0 Å². The van der Waals surface area contributed by atoms with Crippen LogP contribution >= 0.6 is 8.58 Å². The smallest absolute Gasteiger partial charge is 0.0316 e. The van der Waals surface area contributed by atoms with Gasteiger partial charge >= 0.3 is 0 Å². The standard InChI is InChI=1S/C10H21P/c1-3-5-7-8-10-11-9-6-4-2/h4,11H,2-3,5-10H2,1H3. The highest BCUT2D eigenvalue weighted by molar-refractivity contribution is 7.37. The molecule has 1 heteroatoms. The van der Waals surface area contributed by atoms with Crippen molar-refractivity contribution in [3.05, 3.63) is 12.7 Å². The average molecular weight is 172 g/mol. The quantitative estimate of drug-likeness (QED) is 0.296. The summed E-state index contributed by atoms with van der Waals surface area (Å²) in [6, 6.07) is 0. The summed E-state index contributed by atoms with van der Waals surface area (Å²) in [5, 5.41) is 0. The first-order valence-electron chi connectivity index (χ1n) is 4.73. The van der Waals surface area contributed by atoms with Crippen LogP contribution < -0.4 is 0 Å². The lowest BCUT2D eigenvalue weighted by molar-refractivity contribution is 0.705. The van der Waals surface area contributed by atoms with Crippen molar-refractivity contribution in [3.8, 4) is 0 Å². The fourth-order valence-corrected chi connectivity index (χ4v) is 2.16. The summed E-state index contributed by atoms with van der Waals surface area (Å²) in [7, 11) is 1.18. The normalized spacial score (nSPS) is 11.0. The molecule has 0 bridgehead atoms. The van der Waals surface area contributed by atoms with Crippen LogP contribution in [-0.4, -0.2) is 12.3 Å². The molecule has 0 aromatic heterocycles. The molecule has 0 N–H and O–H groups in total. The largest absolute Gasteiger partial charge is 0.122 e. The van der Waals surface area contributed by atoms with Gasteiger partial charge in [-0.1, -0.05) is 32.3 Å². The van der Waals surface area contributed by atoms with E-state index in [9.17, 15) is 0 Å². The number of rotatable bonds is 8. The first-order chi connectivity index (χ1) is 5.41. The molecule has 66 valence electrons. The fraction of sp³-hybridized carbons (Fsp3) is 0.800. The number of unbranched alkanes of at least 4 members (excludes halogenated alkanes) is 3. The van der Waals surface area contributed by atoms with E-state index >= 15 is 0 Å². The van der Waals surface area contributed by atoms with Crippen LogP contribution in [0.1, 0.15) is 39.0 Å². The second kappa shape index (κ2) is 10.2. The molecule has 0 saturated carbocycles. The van der Waals surface area contributed by atoms with Crippen LogP contribution in [0.3, 0.4) is 0 Å². The Hall–Kier alpha value is 0.170. The van der Waals surface area contributed by atoms with Crippen LogP contribution in [0.2, 0.25) is 0 Å². The van der Waals surface area contributed by atoms with Gasteiger partial charge in [0.15, 0.2) is 0 Å². The first-order valence-corrected chi connectivity index (χ1v) is 6.14. The molecule has 0 aromatic carbocycles. The van der Waals surface area contributed by atoms with Gasteiger partial charge in [-0.15, -0.1) is 15.2 Å². The Morgan fingerprint density at radius 1 is 1.18 bits per heavy atom. The van der Waals surface area contributed by atoms with Crippen molar-refractivity contribution < 1.29 is 0 Å². The Labute approximate surface area is 73.2 Å². The minimum atomic E-state index is 1.18. The van der Waals surface area contributed by atoms with Gasteiger partial charge in [0, 0.05) is 0 Å². The lowest BCUT2D eigenvalue weighted by Gasteiger charge is -1.98. The molecular formula is C10H21P. The van der Waals surface area contributed by atoms with Crippen LogP contribution in [0.4, 0.5) is 0 Å². The van der Waals surface area contributed by atoms with Crippen molar-refractivity contribution in [1.29, 1.82) is 0 Å². The summed E-state index contributed by atoms with van der Waals surface area (Å²) in [6.07, 6.45) is 11.7. The summed E-state index contributed by atoms with van der Waals surface area (Å²) in [5.41, 5.74) is 0. The van der Waals surface area contributed by atoms with Gasteiger partial charge in [0.05, 0.1) is 0 Å². The Balaban J connectivity index is 2.74. The van der Waals surface area contributed by atoms with E-state index in [0.29, 0.717) is 0 Å². The van der Waals surface area contributed by atoms with Crippen molar-refractivity contribution >= 4 is 8.58 Å². The molecule has 0 rings (SSSR count). The summed E-state index contributed by atoms with van der Waals surface area (Å²) in [4.78, 5) is 0. The van der Waals surface area contributed by atoms with Crippen molar-refractivity contribution in [2.45, 2.75) is 39.0 Å². The van der Waals surface area contributed by atoms with E-state index in [-0.39, 0.29) is 0 Å². The van der Waals surface area contributed by atoms with E-state index in [1.807, 2.05) is 6.08 Å². The predicted molar refractivity (Wildman–Crippen MR) is 57.0 cm³/mol. The number of hydrogen-bond acceptors (Lipinski definition) is 0. The molecule has 11 heavy (non-hydrogen) atoms. The minimum Gasteiger partial charge on any atom is -0.122 e. The van der Waals surface area contributed by atoms with Crippen molar-refractivity contribution in [3.63, 3.8) is 0 Å². The van der Waals surface area contributed by atoms with Crippen molar-refractivity contribution in [2.24, 2.45) is 0 Å². The first kappa shape index (κ1) is 11.2. The topological polar surface area (TPSA) is 0 Å². The molecule has 1 atom stereocenters. The van der Waals surface area contributed by atoms with E-state index in [1.165, 1.54) is 53.0 Å². The van der Waals surface area contributed by atoms with Gasteiger partial charge in [0.2, 0.25) is 0 Å². The zero-order valence-corrected chi connectivity index (χ0v) is 8.73. The van der Waals surface area contributed by atoms with E-state index in [2.05, 4.69) is 13.5 Å². The van der Waals surface area contributed by atoms with Gasteiger partial charge in [-0.25, -0.2) is 0 Å². The van der Waals surface area contributed by atoms with Crippen LogP contribution in [0, 0.1) is 0 Å². The highest BCUT2D eigenvalue weighted by atomic mass is 31.1. The molecule has 0 aliphatic heterocycles. The summed E-state index contributed by atoms with van der Waals surface area (Å²) in [5.74, 6) is 0. The lowest BCUT2D eigenvalue weighted by Crippen LogP contribution is -1.80. The molecule has 0 nitrogen and oxygen atoms in total. The van der Waals surface area contributed by atoms with E-state index in [0.717, 1.165) is 0 Å². The van der Waals surface area contributed by atoms with E-state index in [4.69, 9.17) is 0 Å². The molecule has 0 aliphatic rings. The molecule has 0 heterocycles. The van der Waals surface area contributed by atoms with Gasteiger partial charge in [0.25, 0.3) is 0 Å². The summed E-state index contributed by atoms with van der Waals surface area (Å²) in [6.45, 7) is 5.98. The molecule has 1 unspecified atom stereocenters. The maximum atomic E-state index is 3.71. The second-order valence-corrected chi connectivity index (χ2v) is 4.39. The van der Waals surface area contributed by atoms with Crippen molar-refractivity contribution in [1.82, 2.24) is 0 Å². The van der Waals surface area contributed by atoms with Gasteiger partial charge in [0.1, 0.15) is 0 Å². The molecule has 0 aliphatic carbocycles. The third kappa shape index (κ3) is 10.2. The maximum Gasteiger partial charge on any atom is -0.0316 e. The minimum absolute atomic E-state index is 1.18. The molecule has 0 fully saturated rings. The molecule has 0 radical (unpaired) electrons. The molecule has 0 aromatic rings. The maximum absolute atomic E-state index is 3.71. The molecule has 0 saturated heterocycles. The zero-order valence-electron chi connectivity index (χ0n) is 7.73. The van der Waals surface area contributed by atoms with Crippen molar-refractivity contribution in [2.75, 3.05) is 12.3 Å². The second-order valence-electron chi connectivity index (χ2n) is 2.89. The van der Waals surface area contributed by atoms with Gasteiger partial charge in [-0.2, -0.15) is 0 Å². The predicted octanol–water partition coefficient (Wildman–Crippen LogP) is 3.82. The highest BCUT2D eigenvalue weighted by Gasteiger charge is 1.87. The van der Waals surface area contributed by atoms with E-state index in [1.54, 1.807) is 0 Å². The lowest BCUT2D eigenvalue weighted by atomic mass is 10.2. The van der Waals surface area contributed by atoms with Crippen LogP contribution in [0.15, 0.2) is 12.7 Å². The third-order valence-electron chi connectivity index (χ3n) is 1.73. The summed E-state index contributed by atoms with van der Waals surface area (Å²) < 4.78 is 0. The number of hydrogen-bond donors (Lipinski definition) is 0. The molecular weight excluding hydrogens is 151 g/mol. The fourth-order valence-electron chi connectivity index (χ4n) is 1.01. The Kier molecular flexibility index (Phi) is 10.3. The Morgan fingerprint density at radius 2 is 2.00 bits per heavy atom. The molecule has 0 spiro atoms. The summed E-state index contributed by atoms with van der Waals surface area (Å²) >= 11 is 0. The van der Waals surface area contributed by atoms with Crippen LogP contribution in [0.25, 0.3) is 0 Å². The third-order valence-corrected chi connectivity index (χ3v) is 3.08. The molecule has 0 amide bonds. The zero-order chi connectivity index (χ0) is 8.36. The monoisotopic (exact) mass is 172 g/mol. The van der Waals surface area contributed by atoms with Gasteiger partial charge in [-0.3, -0.25) is 0 Å². The average Bonchev–Trinajstić information content (AvgIpc) is 2.03. The van der Waals surface area contributed by atoms with Gasteiger partial charge in [-0.05, 0) is 25.2 Å². The van der Waals surface area contributed by atoms with E-state index < -0.39 is 0 Å². The van der Waals surface area contributed by atoms with Crippen LogP contribution in [-0.2, 0) is 0 Å². The number of allylic oxidation sites excluding steroid dienone is 1.